The smallest absolute Gasteiger partial charge is 0.303 e. The van der Waals surface area contributed by atoms with E-state index in [-0.39, 0.29) is 12.5 Å². The van der Waals surface area contributed by atoms with Crippen LogP contribution in [0.3, 0.4) is 0 Å². The molecule has 2 aromatic carbocycles. The molecule has 1 aliphatic heterocycles. The highest BCUT2D eigenvalue weighted by molar-refractivity contribution is 6.32. The molecule has 0 unspecified atom stereocenters. The van der Waals surface area contributed by atoms with Crippen molar-refractivity contribution < 1.29 is 23.9 Å². The highest BCUT2D eigenvalue weighted by Gasteiger charge is 2.19. The Hall–Kier alpha value is -3.10. The summed E-state index contributed by atoms with van der Waals surface area (Å²) in [5.74, 6) is 1.47. The zero-order valence-corrected chi connectivity index (χ0v) is 19.3. The van der Waals surface area contributed by atoms with Gasteiger partial charge in [0.25, 0.3) is 5.89 Å². The fraction of sp³-hybridized carbons (Fsp3) is 0.375. The van der Waals surface area contributed by atoms with E-state index in [2.05, 4.69) is 15.0 Å². The minimum atomic E-state index is -0.778. The van der Waals surface area contributed by atoms with E-state index >= 15 is 0 Å². The first-order chi connectivity index (χ1) is 15.9. The third kappa shape index (κ3) is 5.83. The maximum Gasteiger partial charge on any atom is 0.303 e. The number of benzene rings is 2. The number of carboxylic acid groups (broad SMARTS) is 1. The van der Waals surface area contributed by atoms with E-state index in [1.165, 1.54) is 0 Å². The second-order valence-corrected chi connectivity index (χ2v) is 8.59. The van der Waals surface area contributed by atoms with Crippen molar-refractivity contribution in [2.24, 2.45) is 0 Å². The van der Waals surface area contributed by atoms with Crippen molar-refractivity contribution in [3.8, 4) is 34.3 Å². The Balaban J connectivity index is 1.51. The molecule has 0 amide bonds. The third-order valence-electron chi connectivity index (χ3n) is 5.21. The molecule has 0 spiro atoms. The first kappa shape index (κ1) is 23.1. The Bertz CT molecular complexity index is 1130. The summed E-state index contributed by atoms with van der Waals surface area (Å²) in [5, 5.41) is 13.5. The number of hydrogen-bond donors (Lipinski definition) is 1. The summed E-state index contributed by atoms with van der Waals surface area (Å²) < 4.78 is 17.0. The zero-order valence-electron chi connectivity index (χ0n) is 18.6. The lowest BCUT2D eigenvalue weighted by Crippen LogP contribution is -2.27. The van der Waals surface area contributed by atoms with E-state index in [0.29, 0.717) is 54.2 Å². The summed E-state index contributed by atoms with van der Waals surface area (Å²) in [4.78, 5) is 17.6. The van der Waals surface area contributed by atoms with Crippen LogP contribution in [0.5, 0.6) is 11.5 Å². The zero-order chi connectivity index (χ0) is 23.4. The van der Waals surface area contributed by atoms with Gasteiger partial charge in [0.15, 0.2) is 0 Å². The van der Waals surface area contributed by atoms with E-state index in [1.807, 2.05) is 38.1 Å². The van der Waals surface area contributed by atoms with Crippen molar-refractivity contribution in [2.45, 2.75) is 39.3 Å². The molecule has 3 aromatic rings. The maximum atomic E-state index is 10.8. The van der Waals surface area contributed by atoms with Crippen LogP contribution in [-0.4, -0.2) is 51.9 Å². The van der Waals surface area contributed by atoms with Crippen molar-refractivity contribution in [2.75, 3.05) is 19.7 Å². The van der Waals surface area contributed by atoms with Gasteiger partial charge in [0.2, 0.25) is 5.82 Å². The second kappa shape index (κ2) is 10.2. The molecule has 0 atom stereocenters. The molecule has 2 heterocycles. The minimum absolute atomic E-state index is 0.0219. The van der Waals surface area contributed by atoms with E-state index in [0.717, 1.165) is 23.4 Å². The summed E-state index contributed by atoms with van der Waals surface area (Å²) >= 11 is 6.34. The molecule has 0 bridgehead atoms. The number of carbonyl (C=O) groups is 1. The molecule has 0 saturated carbocycles. The van der Waals surface area contributed by atoms with E-state index in [9.17, 15) is 4.79 Å². The highest BCUT2D eigenvalue weighted by atomic mass is 35.5. The summed E-state index contributed by atoms with van der Waals surface area (Å²) in [6, 6.07) is 11.2. The number of carboxylic acids is 1. The van der Waals surface area contributed by atoms with Gasteiger partial charge in [0.1, 0.15) is 18.1 Å². The Morgan fingerprint density at radius 1 is 1.24 bits per heavy atom. The molecular weight excluding hydrogens is 446 g/mol. The van der Waals surface area contributed by atoms with Crippen LogP contribution in [0, 0.1) is 0 Å². The Kier molecular flexibility index (Phi) is 7.15. The van der Waals surface area contributed by atoms with E-state index in [4.69, 9.17) is 30.7 Å². The van der Waals surface area contributed by atoms with Crippen LogP contribution < -0.4 is 9.47 Å². The Labute approximate surface area is 197 Å². The predicted molar refractivity (Wildman–Crippen MR) is 124 cm³/mol. The summed E-state index contributed by atoms with van der Waals surface area (Å²) in [5.41, 5.74) is 2.52. The van der Waals surface area contributed by atoms with Gasteiger partial charge >= 0.3 is 5.97 Å². The van der Waals surface area contributed by atoms with Crippen LogP contribution in [0.1, 0.15) is 32.3 Å². The number of nitrogens with zero attached hydrogens (tertiary/aromatic N) is 3. The Morgan fingerprint density at radius 3 is 2.82 bits per heavy atom. The number of aliphatic carboxylic acids is 1. The lowest BCUT2D eigenvalue weighted by Gasteiger charge is -2.18. The number of aromatic nitrogens is 2. The highest BCUT2D eigenvalue weighted by Crippen LogP contribution is 2.32. The van der Waals surface area contributed by atoms with Gasteiger partial charge in [-0.25, -0.2) is 0 Å². The lowest BCUT2D eigenvalue weighted by molar-refractivity contribution is -0.137. The average Bonchev–Trinajstić information content (AvgIpc) is 3.17. The largest absolute Gasteiger partial charge is 0.492 e. The second-order valence-electron chi connectivity index (χ2n) is 8.18. The quantitative estimate of drug-likeness (QED) is 0.495. The van der Waals surface area contributed by atoms with Gasteiger partial charge in [0.05, 0.1) is 11.1 Å². The fourth-order valence-electron chi connectivity index (χ4n) is 3.67. The van der Waals surface area contributed by atoms with Gasteiger partial charge in [-0.05, 0) is 63.2 Å². The predicted octanol–water partition coefficient (Wildman–Crippen LogP) is 4.90. The Morgan fingerprint density at radius 2 is 2.06 bits per heavy atom. The summed E-state index contributed by atoms with van der Waals surface area (Å²) in [6.07, 6.45) is 0.778. The standard InChI is InChI=1S/C24H26ClN3O5/c1-15(2)32-21-8-6-17(13-19(21)25)24-26-23(27-33-24)16-5-7-20-18(12-16)14-28(10-11-31-20)9-3-4-22(29)30/h5-8,12-13,15H,3-4,9-11,14H2,1-2H3,(H,29,30). The SMILES string of the molecule is CC(C)Oc1ccc(-c2nc(-c3ccc4c(c3)CN(CCCC(=O)O)CCO4)no2)cc1Cl. The van der Waals surface area contributed by atoms with Crippen LogP contribution in [0.4, 0.5) is 0 Å². The van der Waals surface area contributed by atoms with Gasteiger partial charge in [-0.15, -0.1) is 0 Å². The fourth-order valence-corrected chi connectivity index (χ4v) is 3.90. The molecule has 0 aliphatic carbocycles. The van der Waals surface area contributed by atoms with Crippen molar-refractivity contribution in [3.05, 3.63) is 47.0 Å². The number of rotatable bonds is 8. The molecule has 174 valence electrons. The molecule has 1 aromatic heterocycles. The van der Waals surface area contributed by atoms with Crippen molar-refractivity contribution in [1.29, 1.82) is 0 Å². The molecule has 0 saturated heterocycles. The molecular formula is C24H26ClN3O5. The molecule has 1 aliphatic rings. The van der Waals surface area contributed by atoms with Crippen LogP contribution in [-0.2, 0) is 11.3 Å². The van der Waals surface area contributed by atoms with E-state index < -0.39 is 5.97 Å². The maximum absolute atomic E-state index is 10.8. The number of halogens is 1. The van der Waals surface area contributed by atoms with E-state index in [1.54, 1.807) is 12.1 Å². The van der Waals surface area contributed by atoms with Gasteiger partial charge < -0.3 is 19.1 Å². The van der Waals surface area contributed by atoms with Crippen LogP contribution >= 0.6 is 11.6 Å². The summed E-state index contributed by atoms with van der Waals surface area (Å²) in [6.45, 7) is 6.55. The van der Waals surface area contributed by atoms with Gasteiger partial charge in [-0.3, -0.25) is 9.69 Å². The monoisotopic (exact) mass is 471 g/mol. The molecule has 4 rings (SSSR count). The van der Waals surface area contributed by atoms with Crippen LogP contribution in [0.2, 0.25) is 5.02 Å². The number of ether oxygens (including phenoxy) is 2. The first-order valence-corrected chi connectivity index (χ1v) is 11.3. The van der Waals surface area contributed by atoms with Gasteiger partial charge in [-0.1, -0.05) is 16.8 Å². The van der Waals surface area contributed by atoms with Crippen molar-refractivity contribution >= 4 is 17.6 Å². The molecule has 1 N–H and O–H groups in total. The van der Waals surface area contributed by atoms with Gasteiger partial charge in [-0.2, -0.15) is 4.98 Å². The number of fused-ring (bicyclic) bond motifs is 1. The molecule has 0 fully saturated rings. The topological polar surface area (TPSA) is 97.9 Å². The van der Waals surface area contributed by atoms with Gasteiger partial charge in [0, 0.05) is 36.2 Å². The van der Waals surface area contributed by atoms with Crippen molar-refractivity contribution in [1.82, 2.24) is 15.0 Å². The first-order valence-electron chi connectivity index (χ1n) is 10.9. The van der Waals surface area contributed by atoms with Crippen molar-refractivity contribution in [3.63, 3.8) is 0 Å². The summed E-state index contributed by atoms with van der Waals surface area (Å²) in [7, 11) is 0. The van der Waals surface area contributed by atoms with Crippen LogP contribution in [0.15, 0.2) is 40.9 Å². The number of hydrogen-bond acceptors (Lipinski definition) is 7. The normalized spacial score (nSPS) is 13.9. The lowest BCUT2D eigenvalue weighted by atomic mass is 10.1. The average molecular weight is 472 g/mol. The third-order valence-corrected chi connectivity index (χ3v) is 5.51. The molecule has 0 radical (unpaired) electrons. The van der Waals surface area contributed by atoms with Crippen LogP contribution in [0.25, 0.3) is 22.8 Å². The minimum Gasteiger partial charge on any atom is -0.492 e. The molecule has 33 heavy (non-hydrogen) atoms. The molecule has 8 nitrogen and oxygen atoms in total. The molecule has 9 heteroatoms.